The molecule has 0 bridgehead atoms. The highest BCUT2D eigenvalue weighted by molar-refractivity contribution is 5.53. The minimum Gasteiger partial charge on any atom is -0.385 e. The molecule has 2 aromatic carbocycles. The molecule has 0 spiro atoms. The number of fused-ring (bicyclic) bond motifs is 1. The summed E-state index contributed by atoms with van der Waals surface area (Å²) in [5.41, 5.74) is 3.02. The van der Waals surface area contributed by atoms with E-state index in [2.05, 4.69) is 17.4 Å². The molecule has 1 aliphatic rings. The van der Waals surface area contributed by atoms with Crippen LogP contribution in [0.25, 0.3) is 0 Å². The molecule has 1 unspecified atom stereocenters. The molecule has 0 fully saturated rings. The fourth-order valence-corrected chi connectivity index (χ4v) is 2.65. The molecule has 19 heavy (non-hydrogen) atoms. The van der Waals surface area contributed by atoms with Gasteiger partial charge in [0.1, 0.15) is 11.6 Å². The largest absolute Gasteiger partial charge is 0.385 e. The average molecular weight is 259 g/mol. The summed E-state index contributed by atoms with van der Waals surface area (Å²) < 4.78 is 26.5. The van der Waals surface area contributed by atoms with E-state index >= 15 is 0 Å². The highest BCUT2D eigenvalue weighted by Crippen LogP contribution is 2.26. The lowest BCUT2D eigenvalue weighted by molar-refractivity contribution is 0.508. The molecule has 3 rings (SSSR count). The van der Waals surface area contributed by atoms with Crippen LogP contribution in [0.15, 0.2) is 42.5 Å². The molecule has 0 saturated heterocycles. The summed E-state index contributed by atoms with van der Waals surface area (Å²) in [7, 11) is 0. The van der Waals surface area contributed by atoms with Crippen molar-refractivity contribution in [2.24, 2.45) is 5.92 Å². The third kappa shape index (κ3) is 2.60. The molecule has 1 N–H and O–H groups in total. The summed E-state index contributed by atoms with van der Waals surface area (Å²) in [5, 5.41) is 3.37. The van der Waals surface area contributed by atoms with Gasteiger partial charge in [-0.2, -0.15) is 0 Å². The van der Waals surface area contributed by atoms with Crippen molar-refractivity contribution in [3.8, 4) is 0 Å². The van der Waals surface area contributed by atoms with Crippen molar-refractivity contribution in [3.63, 3.8) is 0 Å². The summed E-state index contributed by atoms with van der Waals surface area (Å²) >= 11 is 0. The molecule has 0 aromatic heterocycles. The van der Waals surface area contributed by atoms with Crippen LogP contribution in [0.4, 0.5) is 14.5 Å². The number of anilines is 1. The minimum absolute atomic E-state index is 0.342. The number of benzene rings is 2. The lowest BCUT2D eigenvalue weighted by Gasteiger charge is -2.26. The summed E-state index contributed by atoms with van der Waals surface area (Å²) in [6.45, 7) is 0.827. The van der Waals surface area contributed by atoms with Gasteiger partial charge in [-0.15, -0.1) is 0 Å². The van der Waals surface area contributed by atoms with Gasteiger partial charge in [-0.3, -0.25) is 0 Å². The van der Waals surface area contributed by atoms with E-state index in [1.165, 1.54) is 17.3 Å². The molecule has 0 radical (unpaired) electrons. The van der Waals surface area contributed by atoms with Crippen molar-refractivity contribution < 1.29 is 8.78 Å². The van der Waals surface area contributed by atoms with Crippen LogP contribution in [0.1, 0.15) is 11.1 Å². The number of hydrogen-bond donors (Lipinski definition) is 1. The zero-order valence-electron chi connectivity index (χ0n) is 10.5. The number of nitrogens with one attached hydrogen (secondary N) is 1. The highest BCUT2D eigenvalue weighted by atomic mass is 19.1. The quantitative estimate of drug-likeness (QED) is 0.865. The molecule has 0 saturated carbocycles. The second kappa shape index (κ2) is 5.00. The zero-order chi connectivity index (χ0) is 13.2. The molecule has 1 aliphatic heterocycles. The molecule has 3 heteroatoms. The molecular formula is C16H15F2N. The number of hydrogen-bond acceptors (Lipinski definition) is 1. The third-order valence-electron chi connectivity index (χ3n) is 3.63. The van der Waals surface area contributed by atoms with Crippen LogP contribution in [0.3, 0.4) is 0 Å². The first-order valence-corrected chi connectivity index (χ1v) is 6.48. The fourth-order valence-electron chi connectivity index (χ4n) is 2.65. The van der Waals surface area contributed by atoms with Crippen LogP contribution in [0.2, 0.25) is 0 Å². The Balaban J connectivity index is 1.75. The van der Waals surface area contributed by atoms with Crippen LogP contribution < -0.4 is 5.32 Å². The molecule has 0 amide bonds. The molecule has 2 aromatic rings. The molecule has 98 valence electrons. The predicted molar refractivity (Wildman–Crippen MR) is 72.2 cm³/mol. The third-order valence-corrected chi connectivity index (χ3v) is 3.63. The maximum atomic E-state index is 13.6. The smallest absolute Gasteiger partial charge is 0.129 e. The van der Waals surface area contributed by atoms with Gasteiger partial charge in [0.25, 0.3) is 0 Å². The van der Waals surface area contributed by atoms with Crippen molar-refractivity contribution in [3.05, 3.63) is 65.2 Å². The maximum absolute atomic E-state index is 13.6. The summed E-state index contributed by atoms with van der Waals surface area (Å²) in [6, 6.07) is 12.0. The van der Waals surface area contributed by atoms with E-state index in [9.17, 15) is 8.78 Å². The lowest BCUT2D eigenvalue weighted by atomic mass is 9.89. The average Bonchev–Trinajstić information content (AvgIpc) is 2.42. The van der Waals surface area contributed by atoms with E-state index in [0.29, 0.717) is 17.9 Å². The monoisotopic (exact) mass is 259 g/mol. The van der Waals surface area contributed by atoms with Gasteiger partial charge in [-0.1, -0.05) is 24.3 Å². The molecule has 0 aliphatic carbocycles. The van der Waals surface area contributed by atoms with Crippen LogP contribution in [-0.4, -0.2) is 6.54 Å². The van der Waals surface area contributed by atoms with Crippen molar-refractivity contribution >= 4 is 5.69 Å². The van der Waals surface area contributed by atoms with Crippen LogP contribution in [0.5, 0.6) is 0 Å². The lowest BCUT2D eigenvalue weighted by Crippen LogP contribution is -2.25. The second-order valence-corrected chi connectivity index (χ2v) is 5.05. The Bertz CT molecular complexity index is 595. The Morgan fingerprint density at radius 3 is 2.79 bits per heavy atom. The highest BCUT2D eigenvalue weighted by Gasteiger charge is 2.19. The Kier molecular flexibility index (Phi) is 3.20. The maximum Gasteiger partial charge on any atom is 0.129 e. The van der Waals surface area contributed by atoms with E-state index in [1.54, 1.807) is 6.07 Å². The Morgan fingerprint density at radius 1 is 1.11 bits per heavy atom. The standard InChI is InChI=1S/C16H15F2N/c17-14-6-5-12(15(18)9-14)7-11-8-13-3-1-2-4-16(13)19-10-11/h1-6,9,11,19H,7-8,10H2. The Labute approximate surface area is 111 Å². The normalized spacial score (nSPS) is 17.7. The van der Waals surface area contributed by atoms with E-state index in [0.717, 1.165) is 19.0 Å². The second-order valence-electron chi connectivity index (χ2n) is 5.05. The van der Waals surface area contributed by atoms with Gasteiger partial charge in [-0.05, 0) is 42.0 Å². The SMILES string of the molecule is Fc1ccc(CC2CNc3ccccc3C2)c(F)c1. The van der Waals surface area contributed by atoms with Crippen molar-refractivity contribution in [2.45, 2.75) is 12.8 Å². The topological polar surface area (TPSA) is 12.0 Å². The first kappa shape index (κ1) is 12.2. The van der Waals surface area contributed by atoms with Gasteiger partial charge < -0.3 is 5.32 Å². The molecule has 1 heterocycles. The van der Waals surface area contributed by atoms with Gasteiger partial charge in [0.15, 0.2) is 0 Å². The van der Waals surface area contributed by atoms with Crippen molar-refractivity contribution in [1.82, 2.24) is 0 Å². The summed E-state index contributed by atoms with van der Waals surface area (Å²) in [4.78, 5) is 0. The van der Waals surface area contributed by atoms with Crippen molar-refractivity contribution in [2.75, 3.05) is 11.9 Å². The first-order chi connectivity index (χ1) is 9.22. The van der Waals surface area contributed by atoms with Gasteiger partial charge >= 0.3 is 0 Å². The van der Waals surface area contributed by atoms with Gasteiger partial charge in [-0.25, -0.2) is 8.78 Å². The predicted octanol–water partition coefficient (Wildman–Crippen LogP) is 3.79. The Hall–Kier alpha value is -1.90. The van der Waals surface area contributed by atoms with E-state index in [-0.39, 0.29) is 0 Å². The summed E-state index contributed by atoms with van der Waals surface area (Å²) in [5.74, 6) is -0.623. The van der Waals surface area contributed by atoms with Crippen LogP contribution in [-0.2, 0) is 12.8 Å². The molecule has 1 nitrogen and oxygen atoms in total. The number of halogens is 2. The van der Waals surface area contributed by atoms with E-state index in [1.807, 2.05) is 12.1 Å². The first-order valence-electron chi connectivity index (χ1n) is 6.48. The number of para-hydroxylation sites is 1. The van der Waals surface area contributed by atoms with Crippen molar-refractivity contribution in [1.29, 1.82) is 0 Å². The fraction of sp³-hybridized carbons (Fsp3) is 0.250. The van der Waals surface area contributed by atoms with E-state index < -0.39 is 11.6 Å². The van der Waals surface area contributed by atoms with E-state index in [4.69, 9.17) is 0 Å². The van der Waals surface area contributed by atoms with Crippen LogP contribution in [0, 0.1) is 17.6 Å². The molecular weight excluding hydrogens is 244 g/mol. The van der Waals surface area contributed by atoms with Gasteiger partial charge in [0.2, 0.25) is 0 Å². The minimum atomic E-state index is -0.520. The van der Waals surface area contributed by atoms with Crippen LogP contribution >= 0.6 is 0 Å². The summed E-state index contributed by atoms with van der Waals surface area (Å²) in [6.07, 6.45) is 1.56. The molecule has 1 atom stereocenters. The number of rotatable bonds is 2. The van der Waals surface area contributed by atoms with Gasteiger partial charge in [0, 0.05) is 18.3 Å². The Morgan fingerprint density at radius 2 is 1.95 bits per heavy atom. The zero-order valence-corrected chi connectivity index (χ0v) is 10.5. The van der Waals surface area contributed by atoms with Gasteiger partial charge in [0.05, 0.1) is 0 Å².